The molecule has 10 N–H and O–H groups in total. The predicted molar refractivity (Wildman–Crippen MR) is 221 cm³/mol. The first-order valence-electron chi connectivity index (χ1n) is 20.1. The monoisotopic (exact) mass is 828 g/mol. The van der Waals surface area contributed by atoms with Crippen LogP contribution in [0.25, 0.3) is 10.4 Å². The van der Waals surface area contributed by atoms with Crippen molar-refractivity contribution in [2.24, 2.45) is 33.4 Å². The van der Waals surface area contributed by atoms with Gasteiger partial charge in [0.15, 0.2) is 5.96 Å². The summed E-state index contributed by atoms with van der Waals surface area (Å²) in [7, 11) is 3.74. The second-order valence-electron chi connectivity index (χ2n) is 15.7. The quantitative estimate of drug-likeness (QED) is 0.0172. The molecular formula is C39H64N12O8. The van der Waals surface area contributed by atoms with Crippen molar-refractivity contribution < 1.29 is 39.0 Å². The van der Waals surface area contributed by atoms with E-state index in [1.165, 1.54) is 17.0 Å². The fourth-order valence-corrected chi connectivity index (χ4v) is 6.69. The number of hydrogen-bond donors (Lipinski definition) is 8. The molecule has 1 aliphatic rings. The first kappa shape index (κ1) is 49.5. The zero-order valence-corrected chi connectivity index (χ0v) is 35.1. The largest absolute Gasteiger partial charge is 0.508 e. The van der Waals surface area contributed by atoms with E-state index < -0.39 is 77.7 Å². The van der Waals surface area contributed by atoms with Gasteiger partial charge in [-0.05, 0) is 101 Å². The number of carbonyl (C=O) groups excluding carboxylic acids is 5. The third kappa shape index (κ3) is 17.0. The van der Waals surface area contributed by atoms with E-state index in [1.54, 1.807) is 19.1 Å². The Bertz CT molecular complexity index is 1650. The number of aliphatic imine (C=N–C) groups is 1. The van der Waals surface area contributed by atoms with Gasteiger partial charge in [0.05, 0.1) is 0 Å². The minimum absolute atomic E-state index is 0.0129. The molecule has 7 atom stereocenters. The molecule has 0 aliphatic carbocycles. The summed E-state index contributed by atoms with van der Waals surface area (Å²) in [6.45, 7) is 8.18. The number of nitrogens with zero attached hydrogens (tertiary/aromatic N) is 6. The highest BCUT2D eigenvalue weighted by atomic mass is 16.4. The Morgan fingerprint density at radius 2 is 1.59 bits per heavy atom. The minimum atomic E-state index is -1.27. The van der Waals surface area contributed by atoms with Crippen LogP contribution in [-0.2, 0) is 35.2 Å². The Labute approximate surface area is 345 Å². The van der Waals surface area contributed by atoms with Crippen molar-refractivity contribution in [3.63, 3.8) is 0 Å². The van der Waals surface area contributed by atoms with E-state index in [0.717, 1.165) is 0 Å². The number of aromatic hydroxyl groups is 1. The first-order chi connectivity index (χ1) is 27.9. The maximum atomic E-state index is 14.2. The molecule has 0 bridgehead atoms. The van der Waals surface area contributed by atoms with E-state index in [9.17, 15) is 44.5 Å². The molecule has 1 fully saturated rings. The lowest BCUT2D eigenvalue weighted by Crippen LogP contribution is -2.60. The zero-order valence-electron chi connectivity index (χ0n) is 35.1. The van der Waals surface area contributed by atoms with Gasteiger partial charge in [-0.3, -0.25) is 29.0 Å². The van der Waals surface area contributed by atoms with Crippen LogP contribution in [0.15, 0.2) is 34.4 Å². The minimum Gasteiger partial charge on any atom is -0.508 e. The number of carboxylic acids is 1. The van der Waals surface area contributed by atoms with Crippen LogP contribution in [0.5, 0.6) is 5.75 Å². The number of hydrogen-bond acceptors (Lipinski definition) is 10. The first-order valence-corrected chi connectivity index (χ1v) is 20.1. The van der Waals surface area contributed by atoms with Gasteiger partial charge in [0.1, 0.15) is 42.0 Å². The summed E-state index contributed by atoms with van der Waals surface area (Å²) < 4.78 is 0. The van der Waals surface area contributed by atoms with Crippen LogP contribution in [-0.4, -0.2) is 131 Å². The molecule has 0 spiro atoms. The smallest absolute Gasteiger partial charge is 0.326 e. The van der Waals surface area contributed by atoms with Gasteiger partial charge in [0.2, 0.25) is 29.5 Å². The van der Waals surface area contributed by atoms with Crippen molar-refractivity contribution in [3.05, 3.63) is 40.3 Å². The molecule has 59 heavy (non-hydrogen) atoms. The number of aliphatic carboxylic acids is 1. The Morgan fingerprint density at radius 1 is 0.932 bits per heavy atom. The fraction of sp³-hybridized carbons (Fsp3) is 0.667. The molecule has 20 heteroatoms. The third-order valence-corrected chi connectivity index (χ3v) is 10.1. The van der Waals surface area contributed by atoms with Crippen molar-refractivity contribution in [1.82, 2.24) is 31.1 Å². The number of phenols is 1. The van der Waals surface area contributed by atoms with Crippen LogP contribution in [0.3, 0.4) is 0 Å². The van der Waals surface area contributed by atoms with Crippen LogP contribution < -0.4 is 32.7 Å². The van der Waals surface area contributed by atoms with Gasteiger partial charge < -0.3 is 52.7 Å². The molecule has 0 saturated carbocycles. The van der Waals surface area contributed by atoms with Crippen molar-refractivity contribution in [1.29, 1.82) is 0 Å². The SMILES string of the molecule is CC[C@H](C)[C@@H](NC(=O)[C@@H](Cc1ccc(O)cc1)NC(=O)[C@H]1CCCN1C(=O)[C@@H](CCCN=C(N)N)NC(=O)C(CCCN(C)C)N=[N+]=[N-])C(=O)N[C@H](CC(C)C)C(=O)O. The highest BCUT2D eigenvalue weighted by Gasteiger charge is 2.40. The molecule has 1 aromatic rings. The van der Waals surface area contributed by atoms with Crippen molar-refractivity contribution in [2.45, 2.75) is 122 Å². The lowest BCUT2D eigenvalue weighted by molar-refractivity contribution is -0.143. The van der Waals surface area contributed by atoms with Crippen LogP contribution in [0.1, 0.15) is 84.6 Å². The molecule has 1 aromatic carbocycles. The standard InChI is InChI=1S/C39H64N12O8/c1-7-24(4)32(36(56)46-30(38(58)59)21-23(2)3)47-34(54)29(22-25-14-16-26(52)17-15-25)45-35(55)31-13-10-20-51(31)37(57)28(11-8-18-43-39(40)41)44-33(53)27(48-49-42)12-9-19-50(5)6/h14-17,23-24,27-32,52H,7-13,18-22H2,1-6H3,(H,44,53)(H,45,55)(H,46,56)(H,47,54)(H,58,59)(H4,40,41,43)/t24-,27?,28+,29+,30+,31+,32+/m0/s1. The van der Waals surface area contributed by atoms with E-state index >= 15 is 0 Å². The molecule has 328 valence electrons. The summed E-state index contributed by atoms with van der Waals surface area (Å²) in [6, 6.07) is -0.845. The number of nitrogens with two attached hydrogens (primary N) is 2. The molecule has 2 rings (SSSR count). The summed E-state index contributed by atoms with van der Waals surface area (Å²) in [6.07, 6.45) is 2.42. The van der Waals surface area contributed by atoms with Crippen LogP contribution in [0, 0.1) is 11.8 Å². The van der Waals surface area contributed by atoms with Crippen molar-refractivity contribution in [2.75, 3.05) is 33.7 Å². The Balaban J connectivity index is 2.41. The maximum absolute atomic E-state index is 14.2. The number of carbonyl (C=O) groups is 6. The molecule has 1 aliphatic heterocycles. The van der Waals surface area contributed by atoms with E-state index in [4.69, 9.17) is 11.5 Å². The summed E-state index contributed by atoms with van der Waals surface area (Å²) in [5.74, 6) is -5.09. The Morgan fingerprint density at radius 3 is 2.17 bits per heavy atom. The lowest BCUT2D eigenvalue weighted by Gasteiger charge is -2.31. The molecule has 20 nitrogen and oxygen atoms in total. The summed E-state index contributed by atoms with van der Waals surface area (Å²) in [5, 5.41) is 34.1. The van der Waals surface area contributed by atoms with Crippen molar-refractivity contribution >= 4 is 41.5 Å². The normalized spacial score (nSPS) is 16.7. The average Bonchev–Trinajstić information content (AvgIpc) is 3.67. The topological polar surface area (TPSA) is 311 Å². The third-order valence-electron chi connectivity index (χ3n) is 10.1. The molecule has 1 saturated heterocycles. The highest BCUT2D eigenvalue weighted by molar-refractivity contribution is 5.97. The number of benzene rings is 1. The molecule has 1 heterocycles. The zero-order chi connectivity index (χ0) is 44.2. The number of phenolic OH excluding ortho intramolecular Hbond substituents is 1. The molecule has 0 radical (unpaired) electrons. The van der Waals surface area contributed by atoms with Crippen LogP contribution in [0.4, 0.5) is 0 Å². The van der Waals surface area contributed by atoms with E-state index in [2.05, 4.69) is 36.3 Å². The number of azide groups is 1. The van der Waals surface area contributed by atoms with Gasteiger partial charge in [0, 0.05) is 24.4 Å². The highest BCUT2D eigenvalue weighted by Crippen LogP contribution is 2.21. The van der Waals surface area contributed by atoms with Crippen molar-refractivity contribution in [3.8, 4) is 5.75 Å². The summed E-state index contributed by atoms with van der Waals surface area (Å²) >= 11 is 0. The van der Waals surface area contributed by atoms with Gasteiger partial charge in [-0.25, -0.2) is 4.79 Å². The predicted octanol–water partition coefficient (Wildman–Crippen LogP) is 1.12. The van der Waals surface area contributed by atoms with E-state index in [-0.39, 0.29) is 69.2 Å². The summed E-state index contributed by atoms with van der Waals surface area (Å²) in [4.78, 5) is 91.5. The second-order valence-corrected chi connectivity index (χ2v) is 15.7. The van der Waals surface area contributed by atoms with Crippen LogP contribution >= 0.6 is 0 Å². The van der Waals surface area contributed by atoms with Gasteiger partial charge in [0.25, 0.3) is 0 Å². The molecule has 0 aromatic heterocycles. The number of likely N-dealkylation sites (tertiary alicyclic amines) is 1. The van der Waals surface area contributed by atoms with Gasteiger partial charge in [-0.15, -0.1) is 0 Å². The van der Waals surface area contributed by atoms with E-state index in [0.29, 0.717) is 31.4 Å². The molecular weight excluding hydrogens is 765 g/mol. The van der Waals surface area contributed by atoms with Gasteiger partial charge >= 0.3 is 5.97 Å². The molecule has 5 amide bonds. The summed E-state index contributed by atoms with van der Waals surface area (Å²) in [5.41, 5.74) is 20.7. The number of rotatable bonds is 25. The number of guanidine groups is 1. The fourth-order valence-electron chi connectivity index (χ4n) is 6.69. The number of nitrogens with one attached hydrogen (secondary N) is 4. The van der Waals surface area contributed by atoms with Crippen LogP contribution in [0.2, 0.25) is 0 Å². The average molecular weight is 829 g/mol. The lowest BCUT2D eigenvalue weighted by atomic mass is 9.96. The number of carboxylic acid groups (broad SMARTS) is 1. The van der Waals surface area contributed by atoms with Gasteiger partial charge in [-0.1, -0.05) is 51.4 Å². The Kier molecular flexibility index (Phi) is 21.0. The van der Waals surface area contributed by atoms with Gasteiger partial charge in [-0.2, -0.15) is 0 Å². The maximum Gasteiger partial charge on any atom is 0.326 e. The van der Waals surface area contributed by atoms with E-state index in [1.807, 2.05) is 39.8 Å². The Hall–Kier alpha value is -5.62. The number of amides is 5. The molecule has 1 unspecified atom stereocenters. The second kappa shape index (κ2) is 25.0.